The normalized spacial score (nSPS) is 12.1. The molecule has 10 nitrogen and oxygen atoms in total. The highest BCUT2D eigenvalue weighted by Gasteiger charge is 2.40. The van der Waals surface area contributed by atoms with Crippen molar-refractivity contribution in [1.29, 1.82) is 0 Å². The summed E-state index contributed by atoms with van der Waals surface area (Å²) >= 11 is 6.43. The number of unbranched alkanes of at least 4 members (excludes halogenated alkanes) is 10. The number of aromatic nitrogens is 3. The average Bonchev–Trinajstić information content (AvgIpc) is 3.31. The smallest absolute Gasteiger partial charge is 0.353 e. The number of rotatable bonds is 20. The van der Waals surface area contributed by atoms with Crippen LogP contribution in [0.1, 0.15) is 128 Å². The van der Waals surface area contributed by atoms with E-state index in [1.54, 1.807) is 51.1 Å². The average molecular weight is 697 g/mol. The Kier molecular flexibility index (Phi) is 15.6. The fraction of sp³-hybridized carbons (Fsp3) is 0.553. The third-order valence-corrected chi connectivity index (χ3v) is 8.79. The third kappa shape index (κ3) is 11.0. The lowest BCUT2D eigenvalue weighted by Gasteiger charge is -2.24. The van der Waals surface area contributed by atoms with Crippen LogP contribution in [0.15, 0.2) is 58.1 Å². The van der Waals surface area contributed by atoms with Crippen LogP contribution in [0.3, 0.4) is 0 Å². The van der Waals surface area contributed by atoms with Gasteiger partial charge in [0.25, 0.3) is 5.91 Å². The van der Waals surface area contributed by atoms with Gasteiger partial charge in [0.1, 0.15) is 0 Å². The minimum atomic E-state index is -1.80. The lowest BCUT2D eigenvalue weighted by Crippen LogP contribution is -2.46. The molecule has 1 heterocycles. The minimum Gasteiger partial charge on any atom is -0.462 e. The van der Waals surface area contributed by atoms with Crippen LogP contribution in [0.2, 0.25) is 5.02 Å². The molecule has 2 aromatic carbocycles. The van der Waals surface area contributed by atoms with Gasteiger partial charge in [0.2, 0.25) is 0 Å². The van der Waals surface area contributed by atoms with E-state index in [4.69, 9.17) is 16.3 Å². The number of anilines is 1. The van der Waals surface area contributed by atoms with Crippen LogP contribution in [-0.2, 0) is 20.9 Å². The molecular weight excluding hydrogens is 644 g/mol. The number of ether oxygens (including phenoxy) is 1. The predicted octanol–water partition coefficient (Wildman–Crippen LogP) is 8.13. The SMILES string of the molecule is CCCCCCCCCCCCOC(=O)c1ccc(Cl)c(NC(=O)C(C(=O)C(C)(C)C)n2c(=O)n(CCCC)n(-c3ccccc3)c2=O)c1. The summed E-state index contributed by atoms with van der Waals surface area (Å²) in [5, 5.41) is 2.73. The number of esters is 1. The Bertz CT molecular complexity index is 1650. The fourth-order valence-corrected chi connectivity index (χ4v) is 5.76. The first-order valence-corrected chi connectivity index (χ1v) is 18.1. The zero-order valence-electron chi connectivity index (χ0n) is 29.8. The molecule has 1 amide bonds. The summed E-state index contributed by atoms with van der Waals surface area (Å²) in [6, 6.07) is 11.1. The third-order valence-electron chi connectivity index (χ3n) is 8.46. The van der Waals surface area contributed by atoms with Crippen molar-refractivity contribution in [1.82, 2.24) is 13.9 Å². The Morgan fingerprint density at radius 3 is 1.98 bits per heavy atom. The number of carbonyl (C=O) groups excluding carboxylic acids is 3. The van der Waals surface area contributed by atoms with Crippen LogP contribution in [0.5, 0.6) is 0 Å². The van der Waals surface area contributed by atoms with E-state index in [1.165, 1.54) is 72.5 Å². The molecule has 0 aliphatic heterocycles. The van der Waals surface area contributed by atoms with Gasteiger partial charge in [0.15, 0.2) is 11.8 Å². The van der Waals surface area contributed by atoms with Gasteiger partial charge in [-0.2, -0.15) is 4.68 Å². The summed E-state index contributed by atoms with van der Waals surface area (Å²) in [6.07, 6.45) is 13.0. The second kappa shape index (κ2) is 19.3. The molecule has 3 aromatic rings. The van der Waals surface area contributed by atoms with E-state index in [2.05, 4.69) is 12.2 Å². The molecule has 1 N–H and O–H groups in total. The predicted molar refractivity (Wildman–Crippen MR) is 195 cm³/mol. The Morgan fingerprint density at radius 2 is 1.39 bits per heavy atom. The Labute approximate surface area is 294 Å². The van der Waals surface area contributed by atoms with Crippen molar-refractivity contribution in [3.8, 4) is 5.69 Å². The van der Waals surface area contributed by atoms with Gasteiger partial charge in [-0.25, -0.2) is 23.6 Å². The molecule has 0 spiro atoms. The number of para-hydroxylation sites is 1. The van der Waals surface area contributed by atoms with Gasteiger partial charge < -0.3 is 10.1 Å². The highest BCUT2D eigenvalue weighted by molar-refractivity contribution is 6.34. The van der Waals surface area contributed by atoms with Gasteiger partial charge in [-0.05, 0) is 43.2 Å². The van der Waals surface area contributed by atoms with Gasteiger partial charge in [-0.15, -0.1) is 0 Å². The monoisotopic (exact) mass is 696 g/mol. The Morgan fingerprint density at radius 1 is 0.796 bits per heavy atom. The first-order valence-electron chi connectivity index (χ1n) is 17.7. The number of nitrogens with one attached hydrogen (secondary N) is 1. The molecule has 1 atom stereocenters. The quantitative estimate of drug-likeness (QED) is 0.0723. The van der Waals surface area contributed by atoms with Crippen molar-refractivity contribution in [2.45, 2.75) is 124 Å². The van der Waals surface area contributed by atoms with E-state index in [0.29, 0.717) is 16.7 Å². The number of nitrogens with zero attached hydrogens (tertiary/aromatic N) is 3. The van der Waals surface area contributed by atoms with Crippen molar-refractivity contribution in [3.05, 3.63) is 80.1 Å². The van der Waals surface area contributed by atoms with Crippen LogP contribution < -0.4 is 16.7 Å². The first kappa shape index (κ1) is 39.5. The topological polar surface area (TPSA) is 121 Å². The van der Waals surface area contributed by atoms with Crippen LogP contribution in [-0.4, -0.2) is 38.2 Å². The summed E-state index contributed by atoms with van der Waals surface area (Å²) in [4.78, 5) is 68.5. The standard InChI is InChI=1S/C38H53ClN4O6/c1-6-8-10-11-12-13-14-15-16-20-26-49-35(46)28-23-24-30(39)31(27-28)40-34(45)32(33(44)38(3,4)5)42-36(47)41(25-9-7-2)43(37(42)48)29-21-18-17-19-22-29/h17-19,21-24,27,32H,6-16,20,25-26H2,1-5H3,(H,40,45). The Hall–Kier alpha value is -3.92. The van der Waals surface area contributed by atoms with Crippen molar-refractivity contribution >= 4 is 34.9 Å². The van der Waals surface area contributed by atoms with Gasteiger partial charge in [-0.3, -0.25) is 9.59 Å². The summed E-state index contributed by atoms with van der Waals surface area (Å²) in [5.41, 5.74) is -2.06. The molecule has 268 valence electrons. The molecule has 1 aromatic heterocycles. The number of halogens is 1. The minimum absolute atomic E-state index is 0.0496. The molecule has 0 aliphatic carbocycles. The zero-order valence-corrected chi connectivity index (χ0v) is 30.5. The highest BCUT2D eigenvalue weighted by Crippen LogP contribution is 2.28. The largest absolute Gasteiger partial charge is 0.462 e. The van der Waals surface area contributed by atoms with Crippen LogP contribution >= 0.6 is 11.6 Å². The summed E-state index contributed by atoms with van der Waals surface area (Å²) in [5.74, 6) is -2.13. The van der Waals surface area contributed by atoms with Crippen molar-refractivity contribution < 1.29 is 19.1 Å². The molecule has 3 rings (SSSR count). The number of hydrogen-bond acceptors (Lipinski definition) is 6. The molecule has 11 heteroatoms. The van der Waals surface area contributed by atoms with Gasteiger partial charge >= 0.3 is 17.3 Å². The van der Waals surface area contributed by atoms with Gasteiger partial charge in [0.05, 0.1) is 28.6 Å². The first-order chi connectivity index (χ1) is 23.4. The van der Waals surface area contributed by atoms with Gasteiger partial charge in [-0.1, -0.05) is 129 Å². The molecular formula is C38H53ClN4O6. The number of Topliss-reactive ketones (excluding diaryl/α,β-unsaturated/α-hetero) is 1. The summed E-state index contributed by atoms with van der Waals surface area (Å²) in [6.45, 7) is 9.49. The van der Waals surface area contributed by atoms with E-state index in [1.807, 2.05) is 6.92 Å². The zero-order chi connectivity index (χ0) is 36.0. The lowest BCUT2D eigenvalue weighted by molar-refractivity contribution is -0.135. The number of carbonyl (C=O) groups is 3. The molecule has 0 radical (unpaired) electrons. The summed E-state index contributed by atoms with van der Waals surface area (Å²) in [7, 11) is 0. The number of amides is 1. The second-order valence-corrected chi connectivity index (χ2v) is 14.0. The lowest BCUT2D eigenvalue weighted by atomic mass is 9.86. The van der Waals surface area contributed by atoms with Crippen molar-refractivity contribution in [2.24, 2.45) is 5.41 Å². The maximum atomic E-state index is 14.0. The van der Waals surface area contributed by atoms with E-state index in [0.717, 1.165) is 25.7 Å². The molecule has 0 bridgehead atoms. The van der Waals surface area contributed by atoms with Crippen LogP contribution in [0, 0.1) is 5.41 Å². The molecule has 0 fully saturated rings. The number of hydrogen-bond donors (Lipinski definition) is 1. The molecule has 1 unspecified atom stereocenters. The maximum Gasteiger partial charge on any atom is 0.353 e. The van der Waals surface area contributed by atoms with E-state index in [9.17, 15) is 24.0 Å². The maximum absolute atomic E-state index is 14.0. The summed E-state index contributed by atoms with van der Waals surface area (Å²) < 4.78 is 8.65. The number of ketones is 1. The van der Waals surface area contributed by atoms with E-state index >= 15 is 0 Å². The highest BCUT2D eigenvalue weighted by atomic mass is 35.5. The molecule has 49 heavy (non-hydrogen) atoms. The van der Waals surface area contributed by atoms with Gasteiger partial charge in [0, 0.05) is 12.0 Å². The molecule has 0 saturated heterocycles. The fourth-order valence-electron chi connectivity index (χ4n) is 5.59. The van der Waals surface area contributed by atoms with Crippen molar-refractivity contribution in [2.75, 3.05) is 11.9 Å². The number of benzene rings is 2. The van der Waals surface area contributed by atoms with E-state index in [-0.39, 0.29) is 29.4 Å². The second-order valence-electron chi connectivity index (χ2n) is 13.6. The van der Waals surface area contributed by atoms with Crippen molar-refractivity contribution in [3.63, 3.8) is 0 Å². The van der Waals surface area contributed by atoms with E-state index < -0.39 is 40.5 Å². The van der Waals surface area contributed by atoms with Crippen LogP contribution in [0.25, 0.3) is 5.69 Å². The Balaban J connectivity index is 1.79. The molecule has 0 aliphatic rings. The molecule has 0 saturated carbocycles. The van der Waals surface area contributed by atoms with Crippen LogP contribution in [0.4, 0.5) is 5.69 Å².